The Morgan fingerprint density at radius 3 is 2.56 bits per heavy atom. The van der Waals surface area contributed by atoms with Crippen LogP contribution in [-0.2, 0) is 18.4 Å². The van der Waals surface area contributed by atoms with Crippen LogP contribution in [0.15, 0.2) is 29.1 Å². The fourth-order valence-electron chi connectivity index (χ4n) is 3.40. The fraction of sp³-hybridized carbons (Fsp3) is 0.556. The van der Waals surface area contributed by atoms with Gasteiger partial charge >= 0.3 is 5.69 Å². The first-order valence-electron chi connectivity index (χ1n) is 8.62. The number of hydrogen-bond acceptors (Lipinski definition) is 3. The van der Waals surface area contributed by atoms with Gasteiger partial charge in [-0.05, 0) is 43.5 Å². The molecule has 138 valence electrons. The standard InChI is InChI=1S/C18H26N4O2.ClH/c1-18(8-10-19-11-9-18)13-20-16(23)7-12-22-15-6-4-3-5-14(15)21(2)17(22)24;/h3-6,19H,7-13H2,1-2H3,(H,20,23);1H. The zero-order chi connectivity index (χ0) is 17.2. The van der Waals surface area contributed by atoms with Gasteiger partial charge in [-0.3, -0.25) is 13.9 Å². The van der Waals surface area contributed by atoms with Crippen LogP contribution in [0.5, 0.6) is 0 Å². The number of aryl methyl sites for hydroxylation is 2. The van der Waals surface area contributed by atoms with Crippen molar-refractivity contribution >= 4 is 29.3 Å². The van der Waals surface area contributed by atoms with Gasteiger partial charge in [0, 0.05) is 26.6 Å². The van der Waals surface area contributed by atoms with Crippen LogP contribution in [0.2, 0.25) is 0 Å². The van der Waals surface area contributed by atoms with Gasteiger partial charge < -0.3 is 10.6 Å². The molecule has 0 radical (unpaired) electrons. The molecule has 1 amide bonds. The number of amides is 1. The van der Waals surface area contributed by atoms with Gasteiger partial charge in [-0.1, -0.05) is 19.1 Å². The summed E-state index contributed by atoms with van der Waals surface area (Å²) < 4.78 is 3.31. The molecule has 2 N–H and O–H groups in total. The molecule has 1 aromatic heterocycles. The second-order valence-corrected chi connectivity index (χ2v) is 7.07. The van der Waals surface area contributed by atoms with Gasteiger partial charge in [0.25, 0.3) is 0 Å². The molecule has 0 aliphatic carbocycles. The molecule has 0 bridgehead atoms. The Morgan fingerprint density at radius 1 is 1.24 bits per heavy atom. The minimum Gasteiger partial charge on any atom is -0.355 e. The van der Waals surface area contributed by atoms with Gasteiger partial charge in [0.05, 0.1) is 11.0 Å². The van der Waals surface area contributed by atoms with Crippen molar-refractivity contribution in [2.24, 2.45) is 12.5 Å². The summed E-state index contributed by atoms with van der Waals surface area (Å²) >= 11 is 0. The number of nitrogens with zero attached hydrogens (tertiary/aromatic N) is 2. The van der Waals surface area contributed by atoms with Gasteiger partial charge in [0.15, 0.2) is 0 Å². The molecule has 0 atom stereocenters. The molecule has 1 aliphatic heterocycles. The third-order valence-electron chi connectivity index (χ3n) is 5.14. The second kappa shape index (κ2) is 8.06. The van der Waals surface area contributed by atoms with E-state index in [-0.39, 0.29) is 29.4 Å². The Bertz CT molecular complexity index is 790. The summed E-state index contributed by atoms with van der Waals surface area (Å²) in [6.07, 6.45) is 2.48. The van der Waals surface area contributed by atoms with Gasteiger partial charge in [0.2, 0.25) is 5.91 Å². The van der Waals surface area contributed by atoms with Crippen molar-refractivity contribution in [3.8, 4) is 0 Å². The van der Waals surface area contributed by atoms with E-state index in [1.54, 1.807) is 16.2 Å². The van der Waals surface area contributed by atoms with E-state index in [0.717, 1.165) is 37.0 Å². The van der Waals surface area contributed by atoms with Crippen LogP contribution in [0.3, 0.4) is 0 Å². The van der Waals surface area contributed by atoms with Crippen molar-refractivity contribution in [3.05, 3.63) is 34.7 Å². The maximum absolute atomic E-state index is 12.3. The van der Waals surface area contributed by atoms with Crippen LogP contribution < -0.4 is 16.3 Å². The van der Waals surface area contributed by atoms with Gasteiger partial charge in [0.1, 0.15) is 0 Å². The van der Waals surface area contributed by atoms with E-state index >= 15 is 0 Å². The number of benzene rings is 1. The minimum atomic E-state index is -0.0747. The molecular formula is C18H27ClN4O2. The van der Waals surface area contributed by atoms with E-state index in [2.05, 4.69) is 17.6 Å². The predicted molar refractivity (Wildman–Crippen MR) is 102 cm³/mol. The first-order valence-corrected chi connectivity index (χ1v) is 8.62. The Balaban J connectivity index is 0.00000225. The smallest absolute Gasteiger partial charge is 0.328 e. The first-order chi connectivity index (χ1) is 11.5. The SMILES string of the molecule is Cl.Cn1c(=O)n(CCC(=O)NCC2(C)CCNCC2)c2ccccc21. The number of aromatic nitrogens is 2. The molecule has 1 saturated heterocycles. The summed E-state index contributed by atoms with van der Waals surface area (Å²) in [6.45, 7) is 5.36. The van der Waals surface area contributed by atoms with Crippen LogP contribution >= 0.6 is 12.4 Å². The summed E-state index contributed by atoms with van der Waals surface area (Å²) in [5.41, 5.74) is 1.87. The zero-order valence-corrected chi connectivity index (χ0v) is 15.7. The quantitative estimate of drug-likeness (QED) is 0.845. The van der Waals surface area contributed by atoms with Crippen molar-refractivity contribution in [1.29, 1.82) is 0 Å². The van der Waals surface area contributed by atoms with Crippen molar-refractivity contribution in [2.75, 3.05) is 19.6 Å². The molecule has 25 heavy (non-hydrogen) atoms. The highest BCUT2D eigenvalue weighted by Gasteiger charge is 2.26. The molecular weight excluding hydrogens is 340 g/mol. The summed E-state index contributed by atoms with van der Waals surface area (Å²) in [5.74, 6) is 0.00888. The van der Waals surface area contributed by atoms with E-state index < -0.39 is 0 Å². The van der Waals surface area contributed by atoms with E-state index in [0.29, 0.717) is 19.5 Å². The van der Waals surface area contributed by atoms with Crippen LogP contribution in [0.25, 0.3) is 11.0 Å². The van der Waals surface area contributed by atoms with Crippen molar-refractivity contribution in [3.63, 3.8) is 0 Å². The summed E-state index contributed by atoms with van der Waals surface area (Å²) in [6, 6.07) is 7.67. The van der Waals surface area contributed by atoms with Gasteiger partial charge in [-0.15, -0.1) is 12.4 Å². The molecule has 1 aliphatic rings. The number of carbonyl (C=O) groups excluding carboxylic acids is 1. The van der Waals surface area contributed by atoms with E-state index in [1.165, 1.54) is 0 Å². The van der Waals surface area contributed by atoms with Crippen LogP contribution in [-0.4, -0.2) is 34.7 Å². The number of rotatable bonds is 5. The highest BCUT2D eigenvalue weighted by molar-refractivity contribution is 5.85. The summed E-state index contributed by atoms with van der Waals surface area (Å²) in [7, 11) is 1.76. The molecule has 1 fully saturated rings. The lowest BCUT2D eigenvalue weighted by Crippen LogP contribution is -2.43. The number of carbonyl (C=O) groups is 1. The topological polar surface area (TPSA) is 68.1 Å². The molecule has 0 unspecified atom stereocenters. The van der Waals surface area contributed by atoms with Crippen molar-refractivity contribution in [2.45, 2.75) is 32.7 Å². The second-order valence-electron chi connectivity index (χ2n) is 7.07. The monoisotopic (exact) mass is 366 g/mol. The molecule has 1 aromatic carbocycles. The zero-order valence-electron chi connectivity index (χ0n) is 14.9. The number of fused-ring (bicyclic) bond motifs is 1. The minimum absolute atomic E-state index is 0. The average Bonchev–Trinajstić information content (AvgIpc) is 2.83. The molecule has 7 heteroatoms. The lowest BCUT2D eigenvalue weighted by molar-refractivity contribution is -0.121. The number of hydrogen-bond donors (Lipinski definition) is 2. The highest BCUT2D eigenvalue weighted by atomic mass is 35.5. The fourth-order valence-corrected chi connectivity index (χ4v) is 3.40. The highest BCUT2D eigenvalue weighted by Crippen LogP contribution is 2.26. The van der Waals surface area contributed by atoms with Gasteiger partial charge in [-0.2, -0.15) is 0 Å². The van der Waals surface area contributed by atoms with Crippen LogP contribution in [0, 0.1) is 5.41 Å². The molecule has 6 nitrogen and oxygen atoms in total. The lowest BCUT2D eigenvalue weighted by atomic mass is 9.81. The maximum atomic E-state index is 12.3. The maximum Gasteiger partial charge on any atom is 0.328 e. The molecule has 0 spiro atoms. The lowest BCUT2D eigenvalue weighted by Gasteiger charge is -2.34. The Hall–Kier alpha value is -1.79. The first kappa shape index (κ1) is 19.5. The molecule has 2 heterocycles. The van der Waals surface area contributed by atoms with Crippen LogP contribution in [0.1, 0.15) is 26.2 Å². The van der Waals surface area contributed by atoms with Crippen LogP contribution in [0.4, 0.5) is 0 Å². The van der Waals surface area contributed by atoms with E-state index in [9.17, 15) is 9.59 Å². The molecule has 3 rings (SSSR count). The van der Waals surface area contributed by atoms with Gasteiger partial charge in [-0.25, -0.2) is 4.79 Å². The normalized spacial score (nSPS) is 16.4. The largest absolute Gasteiger partial charge is 0.355 e. The number of halogens is 1. The van der Waals surface area contributed by atoms with Crippen molar-refractivity contribution in [1.82, 2.24) is 19.8 Å². The summed E-state index contributed by atoms with van der Waals surface area (Å²) in [4.78, 5) is 24.6. The Kier molecular flexibility index (Phi) is 6.30. The van der Waals surface area contributed by atoms with E-state index in [4.69, 9.17) is 0 Å². The predicted octanol–water partition coefficient (Wildman–Crippen LogP) is 1.66. The third kappa shape index (κ3) is 4.25. The number of nitrogens with one attached hydrogen (secondary N) is 2. The molecule has 0 saturated carbocycles. The average molecular weight is 367 g/mol. The number of piperidine rings is 1. The van der Waals surface area contributed by atoms with E-state index in [1.807, 2.05) is 24.3 Å². The number of imidazole rings is 1. The number of para-hydroxylation sites is 2. The third-order valence-corrected chi connectivity index (χ3v) is 5.14. The molecule has 2 aromatic rings. The summed E-state index contributed by atoms with van der Waals surface area (Å²) in [5, 5.41) is 6.40. The Labute approximate surface area is 154 Å². The van der Waals surface area contributed by atoms with Crippen molar-refractivity contribution < 1.29 is 4.79 Å². The Morgan fingerprint density at radius 2 is 1.88 bits per heavy atom.